The second-order valence-electron chi connectivity index (χ2n) is 3.21. The van der Waals surface area contributed by atoms with Gasteiger partial charge in [0.05, 0.1) is 6.61 Å². The van der Waals surface area contributed by atoms with Crippen molar-refractivity contribution in [3.05, 3.63) is 0 Å². The highest BCUT2D eigenvalue weighted by molar-refractivity contribution is 5.81. The van der Waals surface area contributed by atoms with Gasteiger partial charge in [-0.2, -0.15) is 13.2 Å². The van der Waals surface area contributed by atoms with E-state index in [-0.39, 0.29) is 13.2 Å². The van der Waals surface area contributed by atoms with Crippen molar-refractivity contribution in [3.63, 3.8) is 0 Å². The Hall–Kier alpha value is -0.820. The molecule has 0 aromatic rings. The molecular formula is C8H14F3NO3. The van der Waals surface area contributed by atoms with E-state index >= 15 is 0 Å². The summed E-state index contributed by atoms with van der Waals surface area (Å²) in [5.74, 6) is -2.84. The SMILES string of the molecule is COC(C)(C)OCCNC(=O)C(F)(F)F. The highest BCUT2D eigenvalue weighted by atomic mass is 19.4. The third-order valence-electron chi connectivity index (χ3n) is 1.59. The fourth-order valence-electron chi connectivity index (χ4n) is 0.621. The van der Waals surface area contributed by atoms with Crippen molar-refractivity contribution in [1.29, 1.82) is 0 Å². The summed E-state index contributed by atoms with van der Waals surface area (Å²) < 4.78 is 45.0. The van der Waals surface area contributed by atoms with Crippen molar-refractivity contribution >= 4 is 5.91 Å². The van der Waals surface area contributed by atoms with Crippen molar-refractivity contribution in [1.82, 2.24) is 5.32 Å². The highest BCUT2D eigenvalue weighted by Gasteiger charge is 2.38. The maximum Gasteiger partial charge on any atom is 0.471 e. The van der Waals surface area contributed by atoms with E-state index in [2.05, 4.69) is 0 Å². The molecule has 1 amide bonds. The zero-order chi connectivity index (χ0) is 12.1. The highest BCUT2D eigenvalue weighted by Crippen LogP contribution is 2.14. The molecule has 0 heterocycles. The molecule has 0 bridgehead atoms. The Morgan fingerprint density at radius 1 is 1.33 bits per heavy atom. The van der Waals surface area contributed by atoms with Gasteiger partial charge in [-0.1, -0.05) is 0 Å². The van der Waals surface area contributed by atoms with Crippen LogP contribution in [-0.4, -0.2) is 38.1 Å². The lowest BCUT2D eigenvalue weighted by Gasteiger charge is -2.23. The van der Waals surface area contributed by atoms with Crippen LogP contribution < -0.4 is 5.32 Å². The summed E-state index contributed by atoms with van der Waals surface area (Å²) in [6.07, 6.45) is -4.85. The van der Waals surface area contributed by atoms with Gasteiger partial charge in [0.15, 0.2) is 5.79 Å². The van der Waals surface area contributed by atoms with E-state index in [1.165, 1.54) is 7.11 Å². The minimum atomic E-state index is -4.85. The molecule has 0 aliphatic heterocycles. The van der Waals surface area contributed by atoms with E-state index in [0.717, 1.165) is 0 Å². The van der Waals surface area contributed by atoms with Crippen LogP contribution in [0.1, 0.15) is 13.8 Å². The molecule has 0 radical (unpaired) electrons. The first-order valence-corrected chi connectivity index (χ1v) is 4.23. The van der Waals surface area contributed by atoms with Gasteiger partial charge in [-0.25, -0.2) is 0 Å². The first-order valence-electron chi connectivity index (χ1n) is 4.23. The number of rotatable bonds is 5. The van der Waals surface area contributed by atoms with Crippen LogP contribution in [0.25, 0.3) is 0 Å². The Balaban J connectivity index is 3.69. The van der Waals surface area contributed by atoms with Crippen LogP contribution in [-0.2, 0) is 14.3 Å². The lowest BCUT2D eigenvalue weighted by atomic mass is 10.4. The van der Waals surface area contributed by atoms with E-state index in [9.17, 15) is 18.0 Å². The molecule has 0 aliphatic rings. The molecule has 7 heteroatoms. The molecule has 0 unspecified atom stereocenters. The van der Waals surface area contributed by atoms with Gasteiger partial charge in [-0.3, -0.25) is 4.79 Å². The Morgan fingerprint density at radius 3 is 2.27 bits per heavy atom. The van der Waals surface area contributed by atoms with Crippen LogP contribution in [0.15, 0.2) is 0 Å². The summed E-state index contributed by atoms with van der Waals surface area (Å²) >= 11 is 0. The quantitative estimate of drug-likeness (QED) is 0.566. The number of carbonyl (C=O) groups excluding carboxylic acids is 1. The average Bonchev–Trinajstić information content (AvgIpc) is 2.10. The predicted molar refractivity (Wildman–Crippen MR) is 46.1 cm³/mol. The largest absolute Gasteiger partial charge is 0.471 e. The maximum absolute atomic E-state index is 11.7. The van der Waals surface area contributed by atoms with Crippen molar-refractivity contribution < 1.29 is 27.4 Å². The number of hydrogen-bond donors (Lipinski definition) is 1. The molecule has 0 spiro atoms. The number of carbonyl (C=O) groups is 1. The molecule has 0 aromatic heterocycles. The average molecular weight is 229 g/mol. The lowest BCUT2D eigenvalue weighted by molar-refractivity contribution is -0.197. The Bertz CT molecular complexity index is 216. The molecular weight excluding hydrogens is 215 g/mol. The van der Waals surface area contributed by atoms with Crippen molar-refractivity contribution in [2.24, 2.45) is 0 Å². The number of nitrogens with one attached hydrogen (secondary N) is 1. The number of alkyl halides is 3. The fourth-order valence-corrected chi connectivity index (χ4v) is 0.621. The molecule has 1 N–H and O–H groups in total. The summed E-state index contributed by atoms with van der Waals surface area (Å²) in [7, 11) is 1.41. The van der Waals surface area contributed by atoms with Crippen molar-refractivity contribution in [2.45, 2.75) is 25.8 Å². The standard InChI is InChI=1S/C8H14F3NO3/c1-7(2,14-3)15-5-4-12-6(13)8(9,10)11/h4-5H2,1-3H3,(H,12,13). The number of amides is 1. The maximum atomic E-state index is 11.7. The third-order valence-corrected chi connectivity index (χ3v) is 1.59. The normalized spacial score (nSPS) is 12.7. The molecule has 0 aliphatic carbocycles. The molecule has 0 rings (SSSR count). The van der Waals surface area contributed by atoms with E-state index in [1.807, 2.05) is 0 Å². The molecule has 90 valence electrons. The zero-order valence-electron chi connectivity index (χ0n) is 8.77. The Kier molecular flexibility index (Phi) is 5.02. The molecule has 0 fully saturated rings. The van der Waals surface area contributed by atoms with Crippen LogP contribution in [0.3, 0.4) is 0 Å². The zero-order valence-corrected chi connectivity index (χ0v) is 8.77. The van der Waals surface area contributed by atoms with E-state index < -0.39 is 17.9 Å². The van der Waals surface area contributed by atoms with Gasteiger partial charge in [0.1, 0.15) is 0 Å². The number of methoxy groups -OCH3 is 1. The predicted octanol–water partition coefficient (Wildman–Crippen LogP) is 1.06. The lowest BCUT2D eigenvalue weighted by Crippen LogP contribution is -2.39. The second kappa shape index (κ2) is 5.32. The van der Waals surface area contributed by atoms with Gasteiger partial charge in [0.25, 0.3) is 0 Å². The number of hydrogen-bond acceptors (Lipinski definition) is 3. The summed E-state index contributed by atoms with van der Waals surface area (Å²) in [6, 6.07) is 0. The van der Waals surface area contributed by atoms with Gasteiger partial charge in [-0.15, -0.1) is 0 Å². The summed E-state index contributed by atoms with van der Waals surface area (Å²) in [5.41, 5.74) is 0. The topological polar surface area (TPSA) is 47.6 Å². The Morgan fingerprint density at radius 2 is 1.87 bits per heavy atom. The van der Waals surface area contributed by atoms with Gasteiger partial charge in [0, 0.05) is 13.7 Å². The summed E-state index contributed by atoms with van der Waals surface area (Å²) in [4.78, 5) is 10.3. The number of halogens is 3. The molecule has 0 saturated carbocycles. The van der Waals surface area contributed by atoms with Crippen molar-refractivity contribution in [2.75, 3.05) is 20.3 Å². The molecule has 0 atom stereocenters. The van der Waals surface area contributed by atoms with E-state index in [4.69, 9.17) is 9.47 Å². The van der Waals surface area contributed by atoms with Crippen LogP contribution in [0.5, 0.6) is 0 Å². The van der Waals surface area contributed by atoms with E-state index in [0.29, 0.717) is 0 Å². The number of ether oxygens (including phenoxy) is 2. The van der Waals surface area contributed by atoms with E-state index in [1.54, 1.807) is 19.2 Å². The molecule has 15 heavy (non-hydrogen) atoms. The summed E-state index contributed by atoms with van der Waals surface area (Å²) in [6.45, 7) is 2.95. The van der Waals surface area contributed by atoms with Crippen LogP contribution in [0, 0.1) is 0 Å². The third kappa shape index (κ3) is 6.29. The smallest absolute Gasteiger partial charge is 0.354 e. The van der Waals surface area contributed by atoms with Gasteiger partial charge < -0.3 is 14.8 Å². The fraction of sp³-hybridized carbons (Fsp3) is 0.875. The van der Waals surface area contributed by atoms with Crippen LogP contribution >= 0.6 is 0 Å². The first-order chi connectivity index (χ1) is 6.69. The second-order valence-corrected chi connectivity index (χ2v) is 3.21. The van der Waals surface area contributed by atoms with Crippen molar-refractivity contribution in [3.8, 4) is 0 Å². The van der Waals surface area contributed by atoms with Gasteiger partial charge in [-0.05, 0) is 13.8 Å². The monoisotopic (exact) mass is 229 g/mol. The first kappa shape index (κ1) is 14.2. The molecule has 0 aromatic carbocycles. The summed E-state index contributed by atoms with van der Waals surface area (Å²) in [5, 5.41) is 1.67. The van der Waals surface area contributed by atoms with Crippen LogP contribution in [0.4, 0.5) is 13.2 Å². The minimum absolute atomic E-state index is 0.0529. The van der Waals surface area contributed by atoms with Crippen LogP contribution in [0.2, 0.25) is 0 Å². The van der Waals surface area contributed by atoms with Gasteiger partial charge >= 0.3 is 12.1 Å². The molecule has 4 nitrogen and oxygen atoms in total. The van der Waals surface area contributed by atoms with Gasteiger partial charge in [0.2, 0.25) is 0 Å². The Labute approximate surface area is 85.7 Å². The minimum Gasteiger partial charge on any atom is -0.354 e. The molecule has 0 saturated heterocycles.